The van der Waals surface area contributed by atoms with Gasteiger partial charge in [0.25, 0.3) is 5.91 Å². The van der Waals surface area contributed by atoms with Gasteiger partial charge in [0.05, 0.1) is 18.8 Å². The largest absolute Gasteiger partial charge is 0.396 e. The predicted molar refractivity (Wildman–Crippen MR) is 102 cm³/mol. The Labute approximate surface area is 164 Å². The number of aromatic nitrogens is 2. The monoisotopic (exact) mass is 380 g/mol. The second-order valence-corrected chi connectivity index (χ2v) is 7.55. The van der Waals surface area contributed by atoms with Gasteiger partial charge in [-0.2, -0.15) is 0 Å². The number of benzene rings is 1. The number of aliphatic hydroxyl groups is 1. The molecule has 2 fully saturated rings. The second-order valence-electron chi connectivity index (χ2n) is 7.55. The van der Waals surface area contributed by atoms with Crippen LogP contribution in [0.2, 0.25) is 0 Å². The SMILES string of the molecule is Cc1ccccc1[C@@H]1[C@H]2CN(C(=O)CCO)C[C@H]2CN1C(=O)c1cnccn1. The van der Waals surface area contributed by atoms with Crippen LogP contribution in [-0.2, 0) is 4.79 Å². The van der Waals surface area contributed by atoms with Crippen molar-refractivity contribution in [3.63, 3.8) is 0 Å². The first kappa shape index (κ1) is 18.6. The molecule has 0 bridgehead atoms. The maximum absolute atomic E-state index is 13.2. The quantitative estimate of drug-likeness (QED) is 0.867. The molecule has 0 spiro atoms. The smallest absolute Gasteiger partial charge is 0.274 e. The third kappa shape index (κ3) is 3.26. The van der Waals surface area contributed by atoms with E-state index in [-0.39, 0.29) is 42.7 Å². The Bertz CT molecular complexity index is 873. The summed E-state index contributed by atoms with van der Waals surface area (Å²) in [5.41, 5.74) is 2.59. The van der Waals surface area contributed by atoms with Crippen LogP contribution in [0.3, 0.4) is 0 Å². The second kappa shape index (κ2) is 7.67. The third-order valence-corrected chi connectivity index (χ3v) is 5.89. The fourth-order valence-electron chi connectivity index (χ4n) is 4.59. The van der Waals surface area contributed by atoms with Gasteiger partial charge in [-0.1, -0.05) is 24.3 Å². The summed E-state index contributed by atoms with van der Waals surface area (Å²) in [5, 5.41) is 9.09. The Hall–Kier alpha value is -2.80. The third-order valence-electron chi connectivity index (χ3n) is 5.89. The Kier molecular flexibility index (Phi) is 5.09. The zero-order valence-corrected chi connectivity index (χ0v) is 15.9. The molecule has 0 saturated carbocycles. The molecule has 2 aromatic rings. The molecule has 4 rings (SSSR count). The molecule has 7 heteroatoms. The number of carbonyl (C=O) groups excluding carboxylic acids is 2. The van der Waals surface area contributed by atoms with Gasteiger partial charge in [-0.3, -0.25) is 14.6 Å². The van der Waals surface area contributed by atoms with E-state index in [1.807, 2.05) is 21.9 Å². The minimum atomic E-state index is -0.136. The highest BCUT2D eigenvalue weighted by Gasteiger charge is 2.50. The molecule has 3 atom stereocenters. The molecular weight excluding hydrogens is 356 g/mol. The molecule has 28 heavy (non-hydrogen) atoms. The van der Waals surface area contributed by atoms with Crippen LogP contribution < -0.4 is 0 Å². The van der Waals surface area contributed by atoms with Crippen molar-refractivity contribution in [3.05, 3.63) is 59.7 Å². The lowest BCUT2D eigenvalue weighted by molar-refractivity contribution is -0.131. The number of rotatable bonds is 4. The van der Waals surface area contributed by atoms with Crippen molar-refractivity contribution in [2.45, 2.75) is 19.4 Å². The van der Waals surface area contributed by atoms with Crippen molar-refractivity contribution < 1.29 is 14.7 Å². The first-order valence-corrected chi connectivity index (χ1v) is 9.61. The summed E-state index contributed by atoms with van der Waals surface area (Å²) in [7, 11) is 0. The van der Waals surface area contributed by atoms with E-state index in [4.69, 9.17) is 5.11 Å². The maximum Gasteiger partial charge on any atom is 0.274 e. The number of amides is 2. The average molecular weight is 380 g/mol. The fraction of sp³-hybridized carbons (Fsp3) is 0.429. The molecule has 7 nitrogen and oxygen atoms in total. The lowest BCUT2D eigenvalue weighted by atomic mass is 9.87. The number of hydrogen-bond donors (Lipinski definition) is 1. The molecule has 0 unspecified atom stereocenters. The zero-order valence-electron chi connectivity index (χ0n) is 15.9. The first-order valence-electron chi connectivity index (χ1n) is 9.61. The molecule has 1 aromatic carbocycles. The topological polar surface area (TPSA) is 86.6 Å². The molecule has 3 heterocycles. The van der Waals surface area contributed by atoms with Crippen molar-refractivity contribution in [3.8, 4) is 0 Å². The van der Waals surface area contributed by atoms with Crippen LogP contribution in [0.4, 0.5) is 0 Å². The number of carbonyl (C=O) groups is 2. The van der Waals surface area contributed by atoms with Gasteiger partial charge in [0.2, 0.25) is 5.91 Å². The van der Waals surface area contributed by atoms with Crippen LogP contribution >= 0.6 is 0 Å². The van der Waals surface area contributed by atoms with E-state index >= 15 is 0 Å². The number of aryl methyl sites for hydroxylation is 1. The van der Waals surface area contributed by atoms with Crippen molar-refractivity contribution in [2.75, 3.05) is 26.2 Å². The van der Waals surface area contributed by atoms with E-state index in [9.17, 15) is 9.59 Å². The molecule has 1 aromatic heterocycles. The summed E-state index contributed by atoms with van der Waals surface area (Å²) in [4.78, 5) is 37.4. The molecule has 2 amide bonds. The Morgan fingerprint density at radius 2 is 2.00 bits per heavy atom. The minimum Gasteiger partial charge on any atom is -0.396 e. The van der Waals surface area contributed by atoms with E-state index in [0.29, 0.717) is 25.3 Å². The minimum absolute atomic E-state index is 0.0211. The van der Waals surface area contributed by atoms with Gasteiger partial charge in [-0.05, 0) is 18.1 Å². The van der Waals surface area contributed by atoms with Gasteiger partial charge in [0.15, 0.2) is 0 Å². The molecule has 2 saturated heterocycles. The van der Waals surface area contributed by atoms with Crippen LogP contribution in [0.5, 0.6) is 0 Å². The average Bonchev–Trinajstić information content (AvgIpc) is 3.27. The molecule has 0 radical (unpaired) electrons. The van der Waals surface area contributed by atoms with Gasteiger partial charge in [-0.25, -0.2) is 4.98 Å². The van der Waals surface area contributed by atoms with Crippen molar-refractivity contribution in [1.29, 1.82) is 0 Å². The Morgan fingerprint density at radius 1 is 1.18 bits per heavy atom. The zero-order chi connectivity index (χ0) is 19.7. The fourth-order valence-corrected chi connectivity index (χ4v) is 4.59. The van der Waals surface area contributed by atoms with E-state index < -0.39 is 0 Å². The van der Waals surface area contributed by atoms with Crippen molar-refractivity contribution in [2.24, 2.45) is 11.8 Å². The molecular formula is C21H24N4O3. The van der Waals surface area contributed by atoms with Crippen LogP contribution in [-0.4, -0.2) is 62.9 Å². The van der Waals surface area contributed by atoms with E-state index in [2.05, 4.69) is 29.0 Å². The number of aliphatic hydroxyl groups excluding tert-OH is 1. The Balaban J connectivity index is 1.66. The standard InChI is InChI=1S/C21H24N4O3/c1-14-4-2-3-5-16(14)20-17-13-24(19(27)6-9-26)11-15(17)12-25(20)21(28)18-10-22-7-8-23-18/h2-5,7-8,10,15,17,20,26H,6,9,11-13H2,1H3/t15-,17-,20+/m0/s1. The summed E-state index contributed by atoms with van der Waals surface area (Å²) in [6.07, 6.45) is 4.74. The lowest BCUT2D eigenvalue weighted by Gasteiger charge is -2.30. The van der Waals surface area contributed by atoms with Crippen LogP contribution in [0.25, 0.3) is 0 Å². The van der Waals surface area contributed by atoms with Gasteiger partial charge in [-0.15, -0.1) is 0 Å². The number of fused-ring (bicyclic) bond motifs is 1. The van der Waals surface area contributed by atoms with Crippen molar-refractivity contribution in [1.82, 2.24) is 19.8 Å². The highest BCUT2D eigenvalue weighted by molar-refractivity contribution is 5.92. The summed E-state index contributed by atoms with van der Waals surface area (Å²) in [5.74, 6) is 0.244. The number of nitrogens with zero attached hydrogens (tertiary/aromatic N) is 4. The van der Waals surface area contributed by atoms with Gasteiger partial charge in [0, 0.05) is 50.3 Å². The summed E-state index contributed by atoms with van der Waals surface area (Å²) < 4.78 is 0. The van der Waals surface area contributed by atoms with E-state index in [1.165, 1.54) is 12.4 Å². The molecule has 0 aliphatic carbocycles. The maximum atomic E-state index is 13.2. The number of likely N-dealkylation sites (tertiary alicyclic amines) is 2. The van der Waals surface area contributed by atoms with Gasteiger partial charge >= 0.3 is 0 Å². The highest BCUT2D eigenvalue weighted by Crippen LogP contribution is 2.46. The van der Waals surface area contributed by atoms with E-state index in [0.717, 1.165) is 11.1 Å². The highest BCUT2D eigenvalue weighted by atomic mass is 16.3. The van der Waals surface area contributed by atoms with Gasteiger partial charge in [0.1, 0.15) is 5.69 Å². The lowest BCUT2D eigenvalue weighted by Crippen LogP contribution is -2.38. The predicted octanol–water partition coefficient (Wildman–Crippen LogP) is 1.44. The normalized spacial score (nSPS) is 23.7. The number of hydrogen-bond acceptors (Lipinski definition) is 5. The first-order chi connectivity index (χ1) is 13.6. The van der Waals surface area contributed by atoms with Gasteiger partial charge < -0.3 is 14.9 Å². The van der Waals surface area contributed by atoms with Crippen LogP contribution in [0.15, 0.2) is 42.9 Å². The Morgan fingerprint density at radius 3 is 2.71 bits per heavy atom. The summed E-state index contributed by atoms with van der Waals surface area (Å²) >= 11 is 0. The molecule has 146 valence electrons. The molecule has 2 aliphatic heterocycles. The van der Waals surface area contributed by atoms with E-state index in [1.54, 1.807) is 6.20 Å². The summed E-state index contributed by atoms with van der Waals surface area (Å²) in [6, 6.07) is 8.00. The summed E-state index contributed by atoms with van der Waals surface area (Å²) in [6.45, 7) is 3.73. The molecule has 2 aliphatic rings. The van der Waals surface area contributed by atoms with Crippen molar-refractivity contribution >= 4 is 11.8 Å². The van der Waals surface area contributed by atoms with Crippen LogP contribution in [0.1, 0.15) is 34.1 Å². The van der Waals surface area contributed by atoms with Crippen LogP contribution in [0, 0.1) is 18.8 Å². The molecule has 1 N–H and O–H groups in total.